The SMILES string of the molecule is CC12CCCCC1(C)N(c1cccc3ccccc13)c1ccc(-c3cc(-c4cccc5ccccc45)c4ccc5ccc(-c6cccc7ccccc67)c6ccc3c4c56)cc12. The molecule has 290 valence electrons. The molecule has 0 radical (unpaired) electrons. The van der Waals surface area contributed by atoms with Gasteiger partial charge in [0, 0.05) is 22.2 Å². The third-order valence-corrected chi connectivity index (χ3v) is 15.4. The minimum absolute atomic E-state index is 0.0108. The third kappa shape index (κ3) is 4.78. The fourth-order valence-electron chi connectivity index (χ4n) is 12.2. The fourth-order valence-corrected chi connectivity index (χ4v) is 12.2. The molecular formula is C60H45N. The zero-order valence-electron chi connectivity index (χ0n) is 34.7. The molecule has 2 aliphatic rings. The standard InChI is InChI=1S/C60H45N/c1-59-34-9-10-35-60(59,2)61(55-25-13-19-40-16-5-8-22-45(40)55)56-33-28-42(36-54(56)59)52-37-53(47-24-12-18-39-15-4-7-21-44(39)47)51-30-27-41-26-29-48(49-31-32-50(52)58(51)57(41)49)46-23-11-17-38-14-3-6-20-43(38)46/h3-8,11-33,36-37H,9-10,34-35H2,1-2H3. The molecule has 1 fully saturated rings. The van der Waals surface area contributed by atoms with Crippen molar-refractivity contribution < 1.29 is 0 Å². The van der Waals surface area contributed by atoms with Gasteiger partial charge in [-0.1, -0.05) is 184 Å². The van der Waals surface area contributed by atoms with Crippen molar-refractivity contribution in [1.82, 2.24) is 0 Å². The summed E-state index contributed by atoms with van der Waals surface area (Å²) in [6.45, 7) is 5.12. The van der Waals surface area contributed by atoms with Crippen LogP contribution in [0.4, 0.5) is 11.4 Å². The minimum atomic E-state index is -0.0505. The molecule has 1 heteroatoms. The van der Waals surface area contributed by atoms with Crippen LogP contribution in [-0.2, 0) is 5.41 Å². The number of anilines is 2. The van der Waals surface area contributed by atoms with Crippen LogP contribution in [0.15, 0.2) is 188 Å². The summed E-state index contributed by atoms with van der Waals surface area (Å²) in [6, 6.07) is 71.3. The lowest BCUT2D eigenvalue weighted by atomic mass is 9.61. The summed E-state index contributed by atoms with van der Waals surface area (Å²) in [7, 11) is 0. The molecule has 0 spiro atoms. The molecule has 1 nitrogen and oxygen atoms in total. The lowest BCUT2D eigenvalue weighted by molar-refractivity contribution is 0.195. The average Bonchev–Trinajstić information content (AvgIpc) is 3.52. The molecule has 0 saturated heterocycles. The molecule has 11 aromatic rings. The van der Waals surface area contributed by atoms with E-state index in [9.17, 15) is 0 Å². The maximum absolute atomic E-state index is 2.74. The highest BCUT2D eigenvalue weighted by molar-refractivity contribution is 6.31. The van der Waals surface area contributed by atoms with E-state index in [4.69, 9.17) is 0 Å². The first-order valence-corrected chi connectivity index (χ1v) is 22.1. The van der Waals surface area contributed by atoms with E-state index in [1.54, 1.807) is 0 Å². The van der Waals surface area contributed by atoms with Crippen LogP contribution in [0.2, 0.25) is 0 Å². The first-order valence-electron chi connectivity index (χ1n) is 22.1. The van der Waals surface area contributed by atoms with Crippen LogP contribution in [-0.4, -0.2) is 5.54 Å². The summed E-state index contributed by atoms with van der Waals surface area (Å²) in [4.78, 5) is 2.74. The van der Waals surface area contributed by atoms with Gasteiger partial charge in [-0.3, -0.25) is 0 Å². The molecule has 0 N–H and O–H groups in total. The molecule has 2 atom stereocenters. The first-order chi connectivity index (χ1) is 30.0. The van der Waals surface area contributed by atoms with Gasteiger partial charge in [0.05, 0.1) is 5.54 Å². The van der Waals surface area contributed by atoms with Crippen LogP contribution in [0, 0.1) is 0 Å². The van der Waals surface area contributed by atoms with E-state index in [2.05, 4.69) is 207 Å². The van der Waals surface area contributed by atoms with E-state index < -0.39 is 0 Å². The largest absolute Gasteiger partial charge is 0.334 e. The van der Waals surface area contributed by atoms with Crippen molar-refractivity contribution >= 4 is 76.0 Å². The van der Waals surface area contributed by atoms with Gasteiger partial charge in [-0.05, 0) is 142 Å². The third-order valence-electron chi connectivity index (χ3n) is 15.4. The Morgan fingerprint density at radius 2 is 0.902 bits per heavy atom. The van der Waals surface area contributed by atoms with Crippen LogP contribution < -0.4 is 4.90 Å². The van der Waals surface area contributed by atoms with Crippen molar-refractivity contribution in [3.05, 3.63) is 194 Å². The van der Waals surface area contributed by atoms with Crippen LogP contribution in [0.25, 0.3) is 98.0 Å². The highest BCUT2D eigenvalue weighted by Gasteiger charge is 2.57. The summed E-state index contributed by atoms with van der Waals surface area (Å²) in [5.74, 6) is 0. The van der Waals surface area contributed by atoms with Gasteiger partial charge in [-0.2, -0.15) is 0 Å². The van der Waals surface area contributed by atoms with Crippen molar-refractivity contribution in [2.24, 2.45) is 0 Å². The Labute approximate surface area is 356 Å². The predicted molar refractivity (Wildman–Crippen MR) is 262 cm³/mol. The Bertz CT molecular complexity index is 3580. The van der Waals surface area contributed by atoms with Gasteiger partial charge in [0.25, 0.3) is 0 Å². The second-order valence-corrected chi connectivity index (χ2v) is 18.3. The van der Waals surface area contributed by atoms with Gasteiger partial charge in [0.15, 0.2) is 0 Å². The molecule has 2 unspecified atom stereocenters. The van der Waals surface area contributed by atoms with Gasteiger partial charge in [-0.15, -0.1) is 0 Å². The van der Waals surface area contributed by atoms with E-state index >= 15 is 0 Å². The molecule has 1 aliphatic heterocycles. The molecular weight excluding hydrogens is 735 g/mol. The van der Waals surface area contributed by atoms with E-state index in [0.717, 1.165) is 0 Å². The second-order valence-electron chi connectivity index (χ2n) is 18.3. The number of hydrogen-bond acceptors (Lipinski definition) is 1. The van der Waals surface area contributed by atoms with E-state index in [-0.39, 0.29) is 11.0 Å². The monoisotopic (exact) mass is 779 g/mol. The quantitative estimate of drug-likeness (QED) is 0.161. The maximum atomic E-state index is 2.74. The Morgan fingerprint density at radius 1 is 0.361 bits per heavy atom. The first kappa shape index (κ1) is 34.9. The van der Waals surface area contributed by atoms with Crippen molar-refractivity contribution in [3.8, 4) is 33.4 Å². The Balaban J connectivity index is 1.11. The van der Waals surface area contributed by atoms with E-state index in [0.29, 0.717) is 0 Å². The van der Waals surface area contributed by atoms with Gasteiger partial charge < -0.3 is 4.90 Å². The summed E-state index contributed by atoms with van der Waals surface area (Å²) in [5, 5.41) is 15.6. The lowest BCUT2D eigenvalue weighted by Crippen LogP contribution is -2.54. The predicted octanol–water partition coefficient (Wildman–Crippen LogP) is 16.8. The fraction of sp³-hybridized carbons (Fsp3) is 0.133. The molecule has 1 saturated carbocycles. The minimum Gasteiger partial charge on any atom is -0.334 e. The van der Waals surface area contributed by atoms with Crippen LogP contribution in [0.1, 0.15) is 45.1 Å². The molecule has 0 aromatic heterocycles. The number of hydrogen-bond donors (Lipinski definition) is 0. The number of fused-ring (bicyclic) bond motifs is 6. The highest BCUT2D eigenvalue weighted by Crippen LogP contribution is 2.62. The normalized spacial score (nSPS) is 18.8. The lowest BCUT2D eigenvalue weighted by Gasteiger charge is -2.50. The van der Waals surface area contributed by atoms with Gasteiger partial charge in [0.2, 0.25) is 0 Å². The Kier molecular flexibility index (Phi) is 7.30. The Morgan fingerprint density at radius 3 is 1.64 bits per heavy atom. The zero-order chi connectivity index (χ0) is 40.5. The van der Waals surface area contributed by atoms with E-state index in [1.165, 1.54) is 141 Å². The molecule has 0 amide bonds. The molecule has 61 heavy (non-hydrogen) atoms. The average molecular weight is 780 g/mol. The second kappa shape index (κ2) is 12.8. The van der Waals surface area contributed by atoms with Crippen molar-refractivity contribution in [1.29, 1.82) is 0 Å². The topological polar surface area (TPSA) is 3.24 Å². The van der Waals surface area contributed by atoms with Crippen molar-refractivity contribution in [2.45, 2.75) is 50.5 Å². The summed E-state index contributed by atoms with van der Waals surface area (Å²) in [6.07, 6.45) is 4.85. The summed E-state index contributed by atoms with van der Waals surface area (Å²) >= 11 is 0. The molecule has 13 rings (SSSR count). The highest BCUT2D eigenvalue weighted by atomic mass is 15.3. The molecule has 1 aliphatic carbocycles. The molecule has 0 bridgehead atoms. The molecule has 11 aromatic carbocycles. The van der Waals surface area contributed by atoms with Crippen molar-refractivity contribution in [3.63, 3.8) is 0 Å². The van der Waals surface area contributed by atoms with Gasteiger partial charge >= 0.3 is 0 Å². The molecule has 1 heterocycles. The summed E-state index contributed by atoms with van der Waals surface area (Å²) < 4.78 is 0. The zero-order valence-corrected chi connectivity index (χ0v) is 34.7. The number of benzene rings is 11. The van der Waals surface area contributed by atoms with Gasteiger partial charge in [-0.25, -0.2) is 0 Å². The van der Waals surface area contributed by atoms with E-state index in [1.807, 2.05) is 0 Å². The smallest absolute Gasteiger partial charge is 0.0518 e. The van der Waals surface area contributed by atoms with Crippen LogP contribution in [0.5, 0.6) is 0 Å². The number of rotatable bonds is 4. The van der Waals surface area contributed by atoms with Crippen LogP contribution in [0.3, 0.4) is 0 Å². The van der Waals surface area contributed by atoms with Crippen LogP contribution >= 0.6 is 0 Å². The summed E-state index contributed by atoms with van der Waals surface area (Å²) in [5.41, 5.74) is 11.8. The maximum Gasteiger partial charge on any atom is 0.0518 e. The number of nitrogens with zero attached hydrogens (tertiary/aromatic N) is 1. The van der Waals surface area contributed by atoms with Crippen molar-refractivity contribution in [2.75, 3.05) is 4.90 Å². The Hall–Kier alpha value is -6.96. The van der Waals surface area contributed by atoms with Gasteiger partial charge in [0.1, 0.15) is 0 Å².